The number of nitrogens with zero attached hydrogens (tertiary/aromatic N) is 3. The maximum atomic E-state index is 9.42. The van der Waals surface area contributed by atoms with Gasteiger partial charge < -0.3 is 9.84 Å². The van der Waals surface area contributed by atoms with Gasteiger partial charge in [-0.05, 0) is 122 Å². The number of fused-ring (bicyclic) bond motifs is 7. The molecule has 4 unspecified atom stereocenters. The Labute approximate surface area is 194 Å². The number of aliphatic hydroxyl groups is 1. The van der Waals surface area contributed by atoms with Crippen LogP contribution in [0.1, 0.15) is 91.9 Å². The van der Waals surface area contributed by atoms with Crippen molar-refractivity contribution in [3.8, 4) is 0 Å². The van der Waals surface area contributed by atoms with Gasteiger partial charge >= 0.3 is 0 Å². The summed E-state index contributed by atoms with van der Waals surface area (Å²) in [6, 6.07) is 0.231. The molecule has 0 aromatic heterocycles. The fraction of sp³-hybridized carbons (Fsp3) is 1.00. The van der Waals surface area contributed by atoms with Crippen LogP contribution in [-0.2, 0) is 4.74 Å². The Balaban J connectivity index is 1.31. The van der Waals surface area contributed by atoms with Crippen LogP contribution in [0.25, 0.3) is 10.4 Å². The average Bonchev–Trinajstić information content (AvgIpc) is 3.25. The molecule has 0 aromatic carbocycles. The van der Waals surface area contributed by atoms with Crippen molar-refractivity contribution < 1.29 is 9.84 Å². The summed E-state index contributed by atoms with van der Waals surface area (Å²) in [5, 5.41) is 13.5. The van der Waals surface area contributed by atoms with Crippen molar-refractivity contribution in [3.05, 3.63) is 10.4 Å². The summed E-state index contributed by atoms with van der Waals surface area (Å²) in [6.45, 7) is 10.1. The van der Waals surface area contributed by atoms with E-state index >= 15 is 0 Å². The predicted molar refractivity (Wildman–Crippen MR) is 127 cm³/mol. The Morgan fingerprint density at radius 2 is 1.88 bits per heavy atom. The SMILES string of the molecule is C[C@H](CO)CCC1OC2C[C@H]3[C@@H]4CC[C@@H]5CC(N=[N+]=[N-])CC[C@]5(C)[C@H]4CC[C@]3(C)C2[C@@H]1C. The fourth-order valence-corrected chi connectivity index (χ4v) is 9.97. The first-order valence-electron chi connectivity index (χ1n) is 13.6. The van der Waals surface area contributed by atoms with Crippen LogP contribution in [0, 0.1) is 52.3 Å². The van der Waals surface area contributed by atoms with Crippen LogP contribution in [0.2, 0.25) is 0 Å². The number of aliphatic hydroxyl groups excluding tert-OH is 1. The van der Waals surface area contributed by atoms with E-state index in [2.05, 4.69) is 37.7 Å². The van der Waals surface area contributed by atoms with Gasteiger partial charge in [-0.15, -0.1) is 0 Å². The highest BCUT2D eigenvalue weighted by molar-refractivity contribution is 5.14. The van der Waals surface area contributed by atoms with E-state index in [1.54, 1.807) is 0 Å². The van der Waals surface area contributed by atoms with Crippen LogP contribution >= 0.6 is 0 Å². The third-order valence-corrected chi connectivity index (χ3v) is 11.7. The fourth-order valence-electron chi connectivity index (χ4n) is 9.97. The summed E-state index contributed by atoms with van der Waals surface area (Å²) in [4.78, 5) is 3.13. The van der Waals surface area contributed by atoms with Crippen molar-refractivity contribution >= 4 is 0 Å². The summed E-state index contributed by atoms with van der Waals surface area (Å²) in [5.41, 5.74) is 9.81. The second kappa shape index (κ2) is 8.47. The first-order valence-corrected chi connectivity index (χ1v) is 13.6. The van der Waals surface area contributed by atoms with Crippen molar-refractivity contribution in [1.29, 1.82) is 0 Å². The minimum atomic E-state index is 0.231. The van der Waals surface area contributed by atoms with E-state index in [9.17, 15) is 5.11 Å². The molecule has 5 nitrogen and oxygen atoms in total. The molecule has 0 aromatic rings. The van der Waals surface area contributed by atoms with Gasteiger partial charge in [-0.3, -0.25) is 0 Å². The van der Waals surface area contributed by atoms with Gasteiger partial charge in [0.25, 0.3) is 0 Å². The second-order valence-electron chi connectivity index (χ2n) is 13.0. The smallest absolute Gasteiger partial charge is 0.0618 e. The molecular weight excluding hydrogens is 398 g/mol. The monoisotopic (exact) mass is 443 g/mol. The molecule has 180 valence electrons. The molecule has 4 aliphatic carbocycles. The Kier molecular flexibility index (Phi) is 6.08. The van der Waals surface area contributed by atoms with E-state index in [4.69, 9.17) is 10.3 Å². The van der Waals surface area contributed by atoms with Crippen LogP contribution in [0.5, 0.6) is 0 Å². The van der Waals surface area contributed by atoms with Crippen LogP contribution in [0.3, 0.4) is 0 Å². The molecule has 5 heteroatoms. The Hall–Kier alpha value is -0.770. The highest BCUT2D eigenvalue weighted by atomic mass is 16.5. The van der Waals surface area contributed by atoms with Gasteiger partial charge in [0.1, 0.15) is 0 Å². The van der Waals surface area contributed by atoms with Crippen LogP contribution < -0.4 is 0 Å². The molecule has 12 atom stereocenters. The molecular formula is C27H45N3O2. The maximum absolute atomic E-state index is 9.42. The Morgan fingerprint density at radius 1 is 1.09 bits per heavy atom. The zero-order chi connectivity index (χ0) is 22.7. The summed E-state index contributed by atoms with van der Waals surface area (Å²) in [7, 11) is 0. The molecule has 5 fully saturated rings. The van der Waals surface area contributed by atoms with Crippen LogP contribution in [0.15, 0.2) is 5.11 Å². The lowest BCUT2D eigenvalue weighted by atomic mass is 9.44. The Morgan fingerprint density at radius 3 is 2.62 bits per heavy atom. The molecule has 0 spiro atoms. The molecule has 1 saturated heterocycles. The zero-order valence-corrected chi connectivity index (χ0v) is 20.7. The quantitative estimate of drug-likeness (QED) is 0.290. The summed E-state index contributed by atoms with van der Waals surface area (Å²) in [5.74, 6) is 5.02. The topological polar surface area (TPSA) is 78.2 Å². The minimum Gasteiger partial charge on any atom is -0.396 e. The van der Waals surface area contributed by atoms with Gasteiger partial charge in [-0.1, -0.05) is 32.8 Å². The highest BCUT2D eigenvalue weighted by Gasteiger charge is 2.65. The van der Waals surface area contributed by atoms with Crippen molar-refractivity contribution in [1.82, 2.24) is 0 Å². The molecule has 0 radical (unpaired) electrons. The predicted octanol–water partition coefficient (Wildman–Crippen LogP) is 6.75. The molecule has 1 N–H and O–H groups in total. The number of hydrogen-bond acceptors (Lipinski definition) is 3. The van der Waals surface area contributed by atoms with Crippen molar-refractivity contribution in [2.24, 2.45) is 57.4 Å². The molecule has 0 bridgehead atoms. The van der Waals surface area contributed by atoms with Gasteiger partial charge in [0.05, 0.1) is 12.2 Å². The standard InChI is InChI=1S/C27H45N3O2/c1-16(15-31)5-8-23-17(2)25-24(32-23)14-22-20-7-6-18-13-19(29-30-28)9-11-26(18,3)21(20)10-12-27(22,25)4/h16-25,31H,5-15H2,1-4H3/t16-,17+,18+,19?,20+,21-,22-,23?,24?,25?,26-,27-/m0/s1. The minimum absolute atomic E-state index is 0.231. The summed E-state index contributed by atoms with van der Waals surface area (Å²) < 4.78 is 6.77. The Bertz CT molecular complexity index is 753. The molecule has 0 amide bonds. The molecule has 1 heterocycles. The van der Waals surface area contributed by atoms with Gasteiger partial charge in [0.2, 0.25) is 0 Å². The van der Waals surface area contributed by atoms with Crippen LogP contribution in [-0.4, -0.2) is 30.0 Å². The first kappa shape index (κ1) is 23.0. The van der Waals surface area contributed by atoms with E-state index in [1.807, 2.05) is 0 Å². The van der Waals surface area contributed by atoms with Crippen molar-refractivity contribution in [2.75, 3.05) is 6.61 Å². The molecule has 4 saturated carbocycles. The largest absolute Gasteiger partial charge is 0.396 e. The number of azide groups is 1. The average molecular weight is 444 g/mol. The third-order valence-electron chi connectivity index (χ3n) is 11.7. The second-order valence-corrected chi connectivity index (χ2v) is 13.0. The lowest BCUT2D eigenvalue weighted by molar-refractivity contribution is -0.117. The number of hydrogen-bond donors (Lipinski definition) is 1. The highest BCUT2D eigenvalue weighted by Crippen LogP contribution is 2.70. The summed E-state index contributed by atoms with van der Waals surface area (Å²) >= 11 is 0. The van der Waals surface area contributed by atoms with E-state index in [-0.39, 0.29) is 6.04 Å². The van der Waals surface area contributed by atoms with Crippen molar-refractivity contribution in [3.63, 3.8) is 0 Å². The van der Waals surface area contributed by atoms with Crippen LogP contribution in [0.4, 0.5) is 0 Å². The van der Waals surface area contributed by atoms with Gasteiger partial charge in [0, 0.05) is 17.6 Å². The lowest BCUT2D eigenvalue weighted by Gasteiger charge is -2.61. The normalized spacial score (nSPS) is 52.8. The van der Waals surface area contributed by atoms with Crippen molar-refractivity contribution in [2.45, 2.75) is 110 Å². The van der Waals surface area contributed by atoms with Gasteiger partial charge in [-0.25, -0.2) is 0 Å². The molecule has 5 aliphatic rings. The summed E-state index contributed by atoms with van der Waals surface area (Å²) in [6.07, 6.45) is 13.2. The lowest BCUT2D eigenvalue weighted by Crippen LogP contribution is -2.54. The zero-order valence-electron chi connectivity index (χ0n) is 20.7. The molecule has 1 aliphatic heterocycles. The number of ether oxygens (including phenoxy) is 1. The van der Waals surface area contributed by atoms with E-state index < -0.39 is 0 Å². The first-order chi connectivity index (χ1) is 15.3. The third kappa shape index (κ3) is 3.45. The number of rotatable bonds is 5. The van der Waals surface area contributed by atoms with Gasteiger partial charge in [0.15, 0.2) is 0 Å². The van der Waals surface area contributed by atoms with E-state index in [0.29, 0.717) is 47.4 Å². The molecule has 32 heavy (non-hydrogen) atoms. The van der Waals surface area contributed by atoms with Gasteiger partial charge in [-0.2, -0.15) is 0 Å². The van der Waals surface area contributed by atoms with E-state index in [1.165, 1.54) is 38.5 Å². The molecule has 5 rings (SSSR count). The van der Waals surface area contributed by atoms with E-state index in [0.717, 1.165) is 49.4 Å². The maximum Gasteiger partial charge on any atom is 0.0618 e.